The number of thioether (sulfide) groups is 1. The topological polar surface area (TPSA) is 54.4 Å². The summed E-state index contributed by atoms with van der Waals surface area (Å²) in [5, 5.41) is 8.80. The molecule has 0 amide bonds. The smallest absolute Gasteiger partial charge is 0.338 e. The average molecular weight is 305 g/mol. The van der Waals surface area contributed by atoms with E-state index in [1.807, 2.05) is 13.8 Å². The Morgan fingerprint density at radius 1 is 1.37 bits per heavy atom. The van der Waals surface area contributed by atoms with Crippen LogP contribution in [0.4, 0.5) is 4.39 Å². The number of rotatable bonds is 5. The van der Waals surface area contributed by atoms with Gasteiger partial charge in [0.05, 0.1) is 10.6 Å². The second-order valence-corrected chi connectivity index (χ2v) is 5.46. The summed E-state index contributed by atoms with van der Waals surface area (Å²) in [5.41, 5.74) is -0.482. The summed E-state index contributed by atoms with van der Waals surface area (Å²) in [6, 6.07) is 2.03. The molecule has 0 atom stereocenters. The van der Waals surface area contributed by atoms with Crippen molar-refractivity contribution in [3.8, 4) is 0 Å². The Bertz CT molecular complexity index is 501. The Labute approximate surface area is 120 Å². The molecule has 104 valence electrons. The maximum Gasteiger partial charge on any atom is 0.338 e. The fourth-order valence-corrected chi connectivity index (χ4v) is 2.90. The second-order valence-electron chi connectivity index (χ2n) is 4.00. The predicted molar refractivity (Wildman–Crippen MR) is 73.3 cm³/mol. The van der Waals surface area contributed by atoms with Crippen LogP contribution in [0.5, 0.6) is 0 Å². The zero-order chi connectivity index (χ0) is 14.6. The van der Waals surface area contributed by atoms with Crippen molar-refractivity contribution in [2.75, 3.05) is 0 Å². The molecule has 1 rings (SSSR count). The molecule has 0 aromatic heterocycles. The van der Waals surface area contributed by atoms with Crippen LogP contribution in [0.1, 0.15) is 37.0 Å². The lowest BCUT2D eigenvalue weighted by atomic mass is 10.1. The van der Waals surface area contributed by atoms with Gasteiger partial charge in [0.25, 0.3) is 0 Å². The third-order valence-corrected chi connectivity index (χ3v) is 4.30. The third kappa shape index (κ3) is 3.94. The number of carbonyl (C=O) groups excluding carboxylic acids is 1. The lowest BCUT2D eigenvalue weighted by molar-refractivity contribution is -0.114. The van der Waals surface area contributed by atoms with Crippen LogP contribution >= 0.6 is 23.4 Å². The minimum absolute atomic E-state index is 0.0480. The molecule has 6 heteroatoms. The number of halogens is 2. The van der Waals surface area contributed by atoms with Crippen molar-refractivity contribution in [2.45, 2.75) is 31.6 Å². The first-order chi connectivity index (χ1) is 8.90. The first kappa shape index (κ1) is 16.0. The van der Waals surface area contributed by atoms with E-state index in [-0.39, 0.29) is 21.0 Å². The molecule has 0 aliphatic rings. The Morgan fingerprint density at radius 3 is 2.42 bits per heavy atom. The zero-order valence-corrected chi connectivity index (χ0v) is 12.1. The summed E-state index contributed by atoms with van der Waals surface area (Å²) in [6.45, 7) is 3.81. The molecule has 0 saturated heterocycles. The van der Waals surface area contributed by atoms with E-state index in [1.165, 1.54) is 0 Å². The normalized spacial score (nSPS) is 10.8. The first-order valence-electron chi connectivity index (χ1n) is 5.84. The second kappa shape index (κ2) is 6.91. The number of benzene rings is 1. The fraction of sp³-hybridized carbons (Fsp3) is 0.385. The molecule has 3 nitrogen and oxygen atoms in total. The standard InChI is InChI=1S/C13H14ClFO3S/c1-3-7(4-2)13(18)19-11-5-8(12(16)17)10(15)6-9(11)14/h5-7H,3-4H2,1-2H3,(H,16,17). The molecule has 1 aromatic rings. The van der Waals surface area contributed by atoms with Gasteiger partial charge in [0.2, 0.25) is 0 Å². The molecule has 0 fully saturated rings. The molecule has 0 bridgehead atoms. The van der Waals surface area contributed by atoms with Crippen LogP contribution in [0.2, 0.25) is 5.02 Å². The molecule has 0 aliphatic carbocycles. The predicted octanol–water partition coefficient (Wildman–Crippen LogP) is 4.23. The molecule has 1 N–H and O–H groups in total. The van der Waals surface area contributed by atoms with E-state index in [4.69, 9.17) is 16.7 Å². The molecule has 0 unspecified atom stereocenters. The van der Waals surface area contributed by atoms with Crippen LogP contribution in [0.15, 0.2) is 17.0 Å². The SMILES string of the molecule is CCC(CC)C(=O)Sc1cc(C(=O)O)c(F)cc1Cl. The first-order valence-corrected chi connectivity index (χ1v) is 7.04. The highest BCUT2D eigenvalue weighted by Crippen LogP contribution is 2.33. The summed E-state index contributed by atoms with van der Waals surface area (Å²) < 4.78 is 13.4. The molecule has 0 heterocycles. The highest BCUT2D eigenvalue weighted by molar-refractivity contribution is 8.13. The molecule has 1 aromatic carbocycles. The van der Waals surface area contributed by atoms with Gasteiger partial charge in [-0.2, -0.15) is 0 Å². The number of carboxylic acids is 1. The van der Waals surface area contributed by atoms with Crippen molar-refractivity contribution < 1.29 is 19.1 Å². The van der Waals surface area contributed by atoms with Gasteiger partial charge in [0, 0.05) is 10.8 Å². The number of hydrogen-bond donors (Lipinski definition) is 1. The summed E-state index contributed by atoms with van der Waals surface area (Å²) in [7, 11) is 0. The van der Waals surface area contributed by atoms with Gasteiger partial charge in [-0.15, -0.1) is 0 Å². The highest BCUT2D eigenvalue weighted by Gasteiger charge is 2.20. The minimum Gasteiger partial charge on any atom is -0.478 e. The molecule has 19 heavy (non-hydrogen) atoms. The lowest BCUT2D eigenvalue weighted by Crippen LogP contribution is -2.09. The van der Waals surface area contributed by atoms with Crippen LogP contribution < -0.4 is 0 Å². The molecule has 0 radical (unpaired) electrons. The number of aromatic carboxylic acids is 1. The van der Waals surface area contributed by atoms with Crippen LogP contribution in [0, 0.1) is 11.7 Å². The summed E-state index contributed by atoms with van der Waals surface area (Å²) in [5.74, 6) is -2.40. The summed E-state index contributed by atoms with van der Waals surface area (Å²) >= 11 is 6.70. The maximum absolute atomic E-state index is 13.4. The van der Waals surface area contributed by atoms with Crippen molar-refractivity contribution in [1.29, 1.82) is 0 Å². The van der Waals surface area contributed by atoms with Crippen molar-refractivity contribution in [2.24, 2.45) is 5.92 Å². The van der Waals surface area contributed by atoms with E-state index in [1.54, 1.807) is 0 Å². The Hall–Kier alpha value is -1.07. The molecular formula is C13H14ClFO3S. The van der Waals surface area contributed by atoms with Gasteiger partial charge in [-0.05, 0) is 25.0 Å². The molecular weight excluding hydrogens is 291 g/mol. The minimum atomic E-state index is -1.38. The Balaban J connectivity index is 3.04. The number of carboxylic acid groups (broad SMARTS) is 1. The van der Waals surface area contributed by atoms with E-state index in [0.29, 0.717) is 12.8 Å². The quantitative estimate of drug-likeness (QED) is 0.827. The summed E-state index contributed by atoms with van der Waals surface area (Å²) in [6.07, 6.45) is 1.40. The Kier molecular flexibility index (Phi) is 5.82. The summed E-state index contributed by atoms with van der Waals surface area (Å²) in [4.78, 5) is 23.1. The van der Waals surface area contributed by atoms with Gasteiger partial charge < -0.3 is 5.11 Å². The van der Waals surface area contributed by atoms with Crippen LogP contribution in [0.25, 0.3) is 0 Å². The van der Waals surface area contributed by atoms with Crippen molar-refractivity contribution in [1.82, 2.24) is 0 Å². The van der Waals surface area contributed by atoms with Gasteiger partial charge in [0.15, 0.2) is 5.12 Å². The lowest BCUT2D eigenvalue weighted by Gasteiger charge is -2.11. The van der Waals surface area contributed by atoms with E-state index >= 15 is 0 Å². The van der Waals surface area contributed by atoms with Gasteiger partial charge in [-0.1, -0.05) is 37.2 Å². The number of carbonyl (C=O) groups is 2. The van der Waals surface area contributed by atoms with Crippen LogP contribution in [-0.4, -0.2) is 16.2 Å². The number of hydrogen-bond acceptors (Lipinski definition) is 3. The van der Waals surface area contributed by atoms with Crippen LogP contribution in [0.3, 0.4) is 0 Å². The molecule has 0 spiro atoms. The van der Waals surface area contributed by atoms with E-state index in [0.717, 1.165) is 23.9 Å². The maximum atomic E-state index is 13.4. The average Bonchev–Trinajstić information content (AvgIpc) is 2.33. The van der Waals surface area contributed by atoms with Gasteiger partial charge in [-0.3, -0.25) is 4.79 Å². The molecule has 0 aliphatic heterocycles. The van der Waals surface area contributed by atoms with Crippen LogP contribution in [-0.2, 0) is 4.79 Å². The largest absolute Gasteiger partial charge is 0.478 e. The van der Waals surface area contributed by atoms with Crippen molar-refractivity contribution in [3.05, 3.63) is 28.5 Å². The van der Waals surface area contributed by atoms with E-state index in [2.05, 4.69) is 0 Å². The van der Waals surface area contributed by atoms with Gasteiger partial charge in [-0.25, -0.2) is 9.18 Å². The fourth-order valence-electron chi connectivity index (χ4n) is 1.58. The zero-order valence-electron chi connectivity index (χ0n) is 10.6. The monoisotopic (exact) mass is 304 g/mol. The van der Waals surface area contributed by atoms with Gasteiger partial charge >= 0.3 is 5.97 Å². The molecule has 0 saturated carbocycles. The highest BCUT2D eigenvalue weighted by atomic mass is 35.5. The van der Waals surface area contributed by atoms with E-state index < -0.39 is 17.3 Å². The van der Waals surface area contributed by atoms with Crippen molar-refractivity contribution in [3.63, 3.8) is 0 Å². The van der Waals surface area contributed by atoms with Gasteiger partial charge in [0.1, 0.15) is 5.82 Å². The van der Waals surface area contributed by atoms with E-state index in [9.17, 15) is 14.0 Å². The van der Waals surface area contributed by atoms with Crippen molar-refractivity contribution >= 4 is 34.4 Å². The third-order valence-electron chi connectivity index (χ3n) is 2.78. The Morgan fingerprint density at radius 2 is 1.95 bits per heavy atom.